The molecule has 0 bridgehead atoms. The van der Waals surface area contributed by atoms with Gasteiger partial charge in [-0.05, 0) is 12.8 Å². The van der Waals surface area contributed by atoms with Gasteiger partial charge in [-0.1, -0.05) is 13.8 Å². The largest absolute Gasteiger partial charge is 0.662 e. The Morgan fingerprint density at radius 3 is 2.27 bits per heavy atom. The summed E-state index contributed by atoms with van der Waals surface area (Å²) in [4.78, 5) is 0. The summed E-state index contributed by atoms with van der Waals surface area (Å²) in [5, 5.41) is 4.14. The van der Waals surface area contributed by atoms with Crippen LogP contribution in [0.3, 0.4) is 0 Å². The van der Waals surface area contributed by atoms with Crippen LogP contribution in [0.5, 0.6) is 0 Å². The SMILES string of the molecule is CCC(CC(C)[N-]C)OC.[Y]. The van der Waals surface area contributed by atoms with Gasteiger partial charge in [0.2, 0.25) is 0 Å². The van der Waals surface area contributed by atoms with Crippen LogP contribution in [0, 0.1) is 0 Å². The zero-order valence-corrected chi connectivity index (χ0v) is 10.8. The van der Waals surface area contributed by atoms with Gasteiger partial charge >= 0.3 is 0 Å². The molecule has 2 atom stereocenters. The molecule has 0 aliphatic carbocycles. The number of methoxy groups -OCH3 is 1. The molecule has 0 aliphatic rings. The molecule has 0 aromatic heterocycles. The first-order chi connectivity index (χ1) is 4.74. The van der Waals surface area contributed by atoms with Gasteiger partial charge in [-0.3, -0.25) is 0 Å². The number of nitrogens with zero attached hydrogens (tertiary/aromatic N) is 1. The summed E-state index contributed by atoms with van der Waals surface area (Å²) >= 11 is 0. The van der Waals surface area contributed by atoms with Crippen molar-refractivity contribution in [1.29, 1.82) is 0 Å². The molecule has 0 saturated carbocycles. The molecule has 0 aromatic carbocycles. The Hall–Kier alpha value is 1.02. The summed E-state index contributed by atoms with van der Waals surface area (Å²) in [6.45, 7) is 4.25. The first-order valence-electron chi connectivity index (χ1n) is 3.86. The van der Waals surface area contributed by atoms with Gasteiger partial charge in [0.25, 0.3) is 0 Å². The van der Waals surface area contributed by atoms with E-state index in [2.05, 4.69) is 19.2 Å². The molecule has 11 heavy (non-hydrogen) atoms. The van der Waals surface area contributed by atoms with E-state index in [1.54, 1.807) is 7.11 Å². The topological polar surface area (TPSA) is 23.3 Å². The van der Waals surface area contributed by atoms with Crippen LogP contribution in [-0.2, 0) is 37.4 Å². The quantitative estimate of drug-likeness (QED) is 0.713. The van der Waals surface area contributed by atoms with Gasteiger partial charge in [-0.15, -0.1) is 6.04 Å². The van der Waals surface area contributed by atoms with Crippen molar-refractivity contribution in [2.45, 2.75) is 38.8 Å². The molecule has 0 N–H and O–H groups in total. The average Bonchev–Trinajstić information content (AvgIpc) is 1.99. The normalized spacial score (nSPS) is 15.3. The Kier molecular flexibility index (Phi) is 12.1. The van der Waals surface area contributed by atoms with Crippen molar-refractivity contribution in [3.63, 3.8) is 0 Å². The van der Waals surface area contributed by atoms with Crippen molar-refractivity contribution in [2.24, 2.45) is 0 Å². The van der Waals surface area contributed by atoms with Gasteiger partial charge < -0.3 is 10.1 Å². The van der Waals surface area contributed by atoms with Crippen molar-refractivity contribution < 1.29 is 37.4 Å². The summed E-state index contributed by atoms with van der Waals surface area (Å²) in [5.41, 5.74) is 0. The minimum atomic E-state index is 0. The average molecular weight is 233 g/mol. The fourth-order valence-electron chi connectivity index (χ4n) is 0.915. The maximum absolute atomic E-state index is 5.21. The van der Waals surface area contributed by atoms with Gasteiger partial charge in [-0.25, -0.2) is 0 Å². The second kappa shape index (κ2) is 9.11. The second-order valence-electron chi connectivity index (χ2n) is 2.61. The maximum atomic E-state index is 5.21. The Morgan fingerprint density at radius 1 is 1.45 bits per heavy atom. The van der Waals surface area contributed by atoms with Crippen molar-refractivity contribution in [2.75, 3.05) is 14.2 Å². The van der Waals surface area contributed by atoms with Crippen LogP contribution in [0.1, 0.15) is 26.7 Å². The number of rotatable bonds is 5. The fraction of sp³-hybridized carbons (Fsp3) is 1.00. The third kappa shape index (κ3) is 7.39. The molecule has 0 rings (SSSR count). The Morgan fingerprint density at radius 2 is 2.00 bits per heavy atom. The Labute approximate surface area is 95.3 Å². The zero-order chi connectivity index (χ0) is 7.98. The van der Waals surface area contributed by atoms with E-state index in [-0.39, 0.29) is 32.7 Å². The summed E-state index contributed by atoms with van der Waals surface area (Å²) < 4.78 is 5.21. The third-order valence-corrected chi connectivity index (χ3v) is 1.83. The first kappa shape index (κ1) is 14.5. The molecular formula is C8H18NOY-. The fourth-order valence-corrected chi connectivity index (χ4v) is 0.915. The molecule has 3 heteroatoms. The molecule has 65 valence electrons. The number of hydrogen-bond donors (Lipinski definition) is 0. The summed E-state index contributed by atoms with van der Waals surface area (Å²) in [6.07, 6.45) is 2.51. The van der Waals surface area contributed by atoms with Crippen molar-refractivity contribution in [3.05, 3.63) is 5.32 Å². The summed E-state index contributed by atoms with van der Waals surface area (Å²) in [7, 11) is 3.61. The molecule has 0 aromatic rings. The third-order valence-electron chi connectivity index (χ3n) is 1.83. The first-order valence-corrected chi connectivity index (χ1v) is 3.86. The molecule has 0 saturated heterocycles. The van der Waals surface area contributed by atoms with Crippen LogP contribution >= 0.6 is 0 Å². The van der Waals surface area contributed by atoms with Crippen molar-refractivity contribution in [1.82, 2.24) is 0 Å². The summed E-state index contributed by atoms with van der Waals surface area (Å²) in [6, 6.07) is 0.435. The second-order valence-corrected chi connectivity index (χ2v) is 2.61. The molecule has 0 amide bonds. The number of hydrogen-bond acceptors (Lipinski definition) is 1. The molecular weight excluding hydrogens is 215 g/mol. The van der Waals surface area contributed by atoms with Crippen LogP contribution in [0.15, 0.2) is 0 Å². The van der Waals surface area contributed by atoms with E-state index >= 15 is 0 Å². The van der Waals surface area contributed by atoms with E-state index in [1.165, 1.54) is 0 Å². The molecule has 0 spiro atoms. The van der Waals surface area contributed by atoms with E-state index in [0.29, 0.717) is 12.1 Å². The van der Waals surface area contributed by atoms with Crippen LogP contribution in [0.2, 0.25) is 0 Å². The van der Waals surface area contributed by atoms with Gasteiger partial charge in [0.05, 0.1) is 6.10 Å². The molecule has 2 unspecified atom stereocenters. The predicted octanol–water partition coefficient (Wildman–Crippen LogP) is 2.19. The molecule has 0 heterocycles. The summed E-state index contributed by atoms with van der Waals surface area (Å²) in [5.74, 6) is 0. The van der Waals surface area contributed by atoms with Gasteiger partial charge in [0.1, 0.15) is 0 Å². The van der Waals surface area contributed by atoms with E-state index < -0.39 is 0 Å². The van der Waals surface area contributed by atoms with Crippen molar-refractivity contribution in [3.8, 4) is 0 Å². The van der Waals surface area contributed by atoms with Crippen LogP contribution in [0.25, 0.3) is 5.32 Å². The molecule has 2 nitrogen and oxygen atoms in total. The standard InChI is InChI=1S/C8H18NO.Y/c1-5-8(10-4)6-7(2)9-3;/h7-8H,5-6H2,1-4H3;/q-1;. The van der Waals surface area contributed by atoms with Gasteiger partial charge in [-0.2, -0.15) is 7.05 Å². The monoisotopic (exact) mass is 233 g/mol. The molecule has 0 aliphatic heterocycles. The van der Waals surface area contributed by atoms with E-state index in [1.807, 2.05) is 7.05 Å². The molecule has 1 radical (unpaired) electrons. The number of ether oxygens (including phenoxy) is 1. The van der Waals surface area contributed by atoms with E-state index in [4.69, 9.17) is 4.74 Å². The smallest absolute Gasteiger partial charge is 0.0554 e. The van der Waals surface area contributed by atoms with Crippen LogP contribution in [-0.4, -0.2) is 26.3 Å². The van der Waals surface area contributed by atoms with Gasteiger partial charge in [0, 0.05) is 39.8 Å². The Balaban J connectivity index is 0. The van der Waals surface area contributed by atoms with Gasteiger partial charge in [0.15, 0.2) is 0 Å². The predicted molar refractivity (Wildman–Crippen MR) is 44.5 cm³/mol. The van der Waals surface area contributed by atoms with E-state index in [0.717, 1.165) is 12.8 Å². The van der Waals surface area contributed by atoms with Crippen LogP contribution in [0.4, 0.5) is 0 Å². The van der Waals surface area contributed by atoms with E-state index in [9.17, 15) is 0 Å². The minimum absolute atomic E-state index is 0. The van der Waals surface area contributed by atoms with Crippen molar-refractivity contribution >= 4 is 0 Å². The Bertz CT molecular complexity index is 76.5. The molecule has 0 fully saturated rings. The maximum Gasteiger partial charge on any atom is 0.0554 e. The van der Waals surface area contributed by atoms with Crippen LogP contribution < -0.4 is 0 Å². The zero-order valence-electron chi connectivity index (χ0n) is 8.00. The minimum Gasteiger partial charge on any atom is -0.662 e.